The molecule has 2 aliphatic rings. The van der Waals surface area contributed by atoms with E-state index in [1.165, 1.54) is 0 Å². The fraction of sp³-hybridized carbons (Fsp3) is 0.476. The van der Waals surface area contributed by atoms with Crippen molar-refractivity contribution in [3.63, 3.8) is 0 Å². The van der Waals surface area contributed by atoms with Gasteiger partial charge in [-0.25, -0.2) is 4.98 Å². The van der Waals surface area contributed by atoms with Crippen LogP contribution in [-0.2, 0) is 16.0 Å². The normalized spacial score (nSPS) is 22.1. The van der Waals surface area contributed by atoms with Crippen LogP contribution in [0.2, 0.25) is 0 Å². The van der Waals surface area contributed by atoms with E-state index in [2.05, 4.69) is 9.97 Å². The number of rotatable bonds is 6. The number of aromatic nitrogens is 2. The van der Waals surface area contributed by atoms with Gasteiger partial charge in [-0.1, -0.05) is 18.2 Å². The number of imidazole rings is 1. The number of nitrogens with one attached hydrogen (secondary N) is 1. The molecule has 0 unspecified atom stereocenters. The molecule has 1 N–H and O–H groups in total. The zero-order chi connectivity index (χ0) is 19.3. The van der Waals surface area contributed by atoms with Gasteiger partial charge in [-0.05, 0) is 30.9 Å². The molecule has 3 heterocycles. The first-order valence-corrected chi connectivity index (χ1v) is 9.93. The number of carbonyl (C=O) groups excluding carboxylic acids is 2. The van der Waals surface area contributed by atoms with Crippen LogP contribution >= 0.6 is 0 Å². The Morgan fingerprint density at radius 3 is 2.89 bits per heavy atom. The van der Waals surface area contributed by atoms with E-state index in [1.807, 2.05) is 40.1 Å². The summed E-state index contributed by atoms with van der Waals surface area (Å²) < 4.78 is 5.61. The average Bonchev–Trinajstić information content (AvgIpc) is 3.25. The maximum absolute atomic E-state index is 12.6. The summed E-state index contributed by atoms with van der Waals surface area (Å²) in [4.78, 5) is 36.1. The number of nitrogens with zero attached hydrogens (tertiary/aromatic N) is 3. The predicted octanol–water partition coefficient (Wildman–Crippen LogP) is 1.87. The topological polar surface area (TPSA) is 78.5 Å². The van der Waals surface area contributed by atoms with Crippen molar-refractivity contribution < 1.29 is 14.3 Å². The Labute approximate surface area is 164 Å². The quantitative estimate of drug-likeness (QED) is 0.827. The van der Waals surface area contributed by atoms with Crippen molar-refractivity contribution in [1.82, 2.24) is 19.8 Å². The zero-order valence-corrected chi connectivity index (χ0v) is 15.9. The van der Waals surface area contributed by atoms with Crippen LogP contribution in [0.3, 0.4) is 0 Å². The molecule has 148 valence electrons. The summed E-state index contributed by atoms with van der Waals surface area (Å²) in [6.07, 6.45) is 6.50. The summed E-state index contributed by atoms with van der Waals surface area (Å²) in [5.41, 5.74) is 1.04. The highest BCUT2D eigenvalue weighted by Crippen LogP contribution is 2.31. The number of likely N-dealkylation sites (tertiary alicyclic amines) is 2. The predicted molar refractivity (Wildman–Crippen MR) is 104 cm³/mol. The maximum atomic E-state index is 12.6. The third-order valence-electron chi connectivity index (χ3n) is 5.78. The average molecular weight is 382 g/mol. The molecule has 0 saturated carbocycles. The largest absolute Gasteiger partial charge is 0.484 e. The van der Waals surface area contributed by atoms with Gasteiger partial charge < -0.3 is 19.5 Å². The monoisotopic (exact) mass is 382 g/mol. The Bertz CT molecular complexity index is 793. The maximum Gasteiger partial charge on any atom is 0.260 e. The molecule has 0 bridgehead atoms. The number of aromatic amines is 1. The van der Waals surface area contributed by atoms with Crippen LogP contribution in [0.1, 0.15) is 25.0 Å². The second kappa shape index (κ2) is 8.46. The molecule has 2 saturated heterocycles. The standard InChI is InChI=1S/C21H26N4O3/c26-20-7-6-16-13-24(21(27)14-28-18-4-2-1-3-5-18)10-9-19(16)25(20)11-8-17-12-22-15-23-17/h1-5,12,15-16,19H,6-11,13-14H2,(H,22,23)/t16-,19+/m0/s1. The highest BCUT2D eigenvalue weighted by atomic mass is 16.5. The molecule has 2 atom stereocenters. The third-order valence-corrected chi connectivity index (χ3v) is 5.78. The second-order valence-electron chi connectivity index (χ2n) is 7.51. The third kappa shape index (κ3) is 4.18. The highest BCUT2D eigenvalue weighted by Gasteiger charge is 2.40. The first-order chi connectivity index (χ1) is 13.7. The molecule has 2 fully saturated rings. The van der Waals surface area contributed by atoms with Crippen molar-refractivity contribution in [3.05, 3.63) is 48.5 Å². The van der Waals surface area contributed by atoms with Gasteiger partial charge in [-0.2, -0.15) is 0 Å². The number of fused-ring (bicyclic) bond motifs is 1. The molecule has 2 amide bonds. The van der Waals surface area contributed by atoms with Crippen molar-refractivity contribution in [2.45, 2.75) is 31.7 Å². The zero-order valence-electron chi connectivity index (χ0n) is 15.9. The SMILES string of the molecule is O=C(COc1ccccc1)N1CC[C@@H]2[C@@H](CCC(=O)N2CCc2cnc[nH]2)C1. The fourth-order valence-corrected chi connectivity index (χ4v) is 4.28. The van der Waals surface area contributed by atoms with Crippen LogP contribution in [0.25, 0.3) is 0 Å². The van der Waals surface area contributed by atoms with Crippen LogP contribution in [0.4, 0.5) is 0 Å². The molecule has 7 heteroatoms. The number of H-pyrrole nitrogens is 1. The summed E-state index contributed by atoms with van der Waals surface area (Å²) in [5.74, 6) is 1.30. The molecule has 0 spiro atoms. The Kier molecular flexibility index (Phi) is 5.60. The number of piperidine rings is 2. The summed E-state index contributed by atoms with van der Waals surface area (Å²) in [7, 11) is 0. The van der Waals surface area contributed by atoms with Gasteiger partial charge in [0.2, 0.25) is 5.91 Å². The molecule has 2 aromatic rings. The Hall–Kier alpha value is -2.83. The number of amides is 2. The number of hydrogen-bond acceptors (Lipinski definition) is 4. The van der Waals surface area contributed by atoms with E-state index in [-0.39, 0.29) is 24.5 Å². The van der Waals surface area contributed by atoms with E-state index in [1.54, 1.807) is 12.5 Å². The summed E-state index contributed by atoms with van der Waals surface area (Å²) in [6.45, 7) is 2.14. The molecular formula is C21H26N4O3. The van der Waals surface area contributed by atoms with E-state index in [0.717, 1.165) is 25.0 Å². The first kappa shape index (κ1) is 18.5. The lowest BCUT2D eigenvalue weighted by molar-refractivity contribution is -0.144. The lowest BCUT2D eigenvalue weighted by Crippen LogP contribution is -2.57. The van der Waals surface area contributed by atoms with E-state index in [4.69, 9.17) is 4.74 Å². The summed E-state index contributed by atoms with van der Waals surface area (Å²) in [6, 6.07) is 9.63. The van der Waals surface area contributed by atoms with Gasteiger partial charge in [-0.15, -0.1) is 0 Å². The van der Waals surface area contributed by atoms with Crippen LogP contribution in [0, 0.1) is 5.92 Å². The van der Waals surface area contributed by atoms with Crippen LogP contribution in [0.15, 0.2) is 42.9 Å². The molecular weight excluding hydrogens is 356 g/mol. The van der Waals surface area contributed by atoms with Gasteiger partial charge in [-0.3, -0.25) is 9.59 Å². The smallest absolute Gasteiger partial charge is 0.260 e. The van der Waals surface area contributed by atoms with Crippen molar-refractivity contribution in [3.8, 4) is 5.75 Å². The van der Waals surface area contributed by atoms with E-state index < -0.39 is 0 Å². The summed E-state index contributed by atoms with van der Waals surface area (Å²) >= 11 is 0. The molecule has 4 rings (SSSR count). The van der Waals surface area contributed by atoms with Crippen molar-refractivity contribution in [2.24, 2.45) is 5.92 Å². The van der Waals surface area contributed by atoms with Crippen molar-refractivity contribution in [2.75, 3.05) is 26.2 Å². The highest BCUT2D eigenvalue weighted by molar-refractivity contribution is 5.79. The van der Waals surface area contributed by atoms with E-state index in [0.29, 0.717) is 37.7 Å². The van der Waals surface area contributed by atoms with Gasteiger partial charge in [0.15, 0.2) is 6.61 Å². The Morgan fingerprint density at radius 2 is 2.11 bits per heavy atom. The van der Waals surface area contributed by atoms with Gasteiger partial charge in [0.1, 0.15) is 5.75 Å². The molecule has 0 radical (unpaired) electrons. The number of hydrogen-bond donors (Lipinski definition) is 1. The van der Waals surface area contributed by atoms with Gasteiger partial charge >= 0.3 is 0 Å². The molecule has 1 aromatic carbocycles. The molecule has 7 nitrogen and oxygen atoms in total. The van der Waals surface area contributed by atoms with Crippen LogP contribution in [-0.4, -0.2) is 63.9 Å². The van der Waals surface area contributed by atoms with Crippen LogP contribution < -0.4 is 4.74 Å². The molecule has 1 aromatic heterocycles. The number of benzene rings is 1. The van der Waals surface area contributed by atoms with Gasteiger partial charge in [0.05, 0.1) is 6.33 Å². The molecule has 0 aliphatic carbocycles. The second-order valence-corrected chi connectivity index (χ2v) is 7.51. The minimum absolute atomic E-state index is 0.0169. The minimum Gasteiger partial charge on any atom is -0.484 e. The Balaban J connectivity index is 1.32. The van der Waals surface area contributed by atoms with E-state index >= 15 is 0 Å². The summed E-state index contributed by atoms with van der Waals surface area (Å²) in [5, 5.41) is 0. The minimum atomic E-state index is 0.0169. The number of carbonyl (C=O) groups is 2. The first-order valence-electron chi connectivity index (χ1n) is 9.93. The van der Waals surface area contributed by atoms with Gasteiger partial charge in [0, 0.05) is 50.4 Å². The fourth-order valence-electron chi connectivity index (χ4n) is 4.28. The lowest BCUT2D eigenvalue weighted by Gasteiger charge is -2.47. The Morgan fingerprint density at radius 1 is 1.25 bits per heavy atom. The number of para-hydroxylation sites is 1. The molecule has 28 heavy (non-hydrogen) atoms. The van der Waals surface area contributed by atoms with Crippen molar-refractivity contribution >= 4 is 11.8 Å². The molecule has 2 aliphatic heterocycles. The van der Waals surface area contributed by atoms with Gasteiger partial charge in [0.25, 0.3) is 5.91 Å². The van der Waals surface area contributed by atoms with Crippen molar-refractivity contribution in [1.29, 1.82) is 0 Å². The lowest BCUT2D eigenvalue weighted by atomic mass is 9.83. The number of ether oxygens (including phenoxy) is 1. The van der Waals surface area contributed by atoms with Crippen LogP contribution in [0.5, 0.6) is 5.75 Å². The van der Waals surface area contributed by atoms with E-state index in [9.17, 15) is 9.59 Å².